The van der Waals surface area contributed by atoms with Crippen LogP contribution >= 0.6 is 0 Å². The van der Waals surface area contributed by atoms with Gasteiger partial charge in [-0.3, -0.25) is 0 Å². The van der Waals surface area contributed by atoms with Crippen LogP contribution in [0.2, 0.25) is 0 Å². The molecule has 1 atom stereocenters. The molecule has 2 rings (SSSR count). The van der Waals surface area contributed by atoms with Crippen LogP contribution in [0.3, 0.4) is 0 Å². The summed E-state index contributed by atoms with van der Waals surface area (Å²) in [7, 11) is 0. The van der Waals surface area contributed by atoms with Gasteiger partial charge in [-0.05, 0) is 54.7 Å². The molecule has 0 aliphatic heterocycles. The van der Waals surface area contributed by atoms with Gasteiger partial charge >= 0.3 is 0 Å². The first-order chi connectivity index (χ1) is 8.86. The number of hydrogen-bond acceptors (Lipinski definition) is 2. The van der Waals surface area contributed by atoms with Crippen LogP contribution in [-0.4, -0.2) is 12.6 Å². The van der Waals surface area contributed by atoms with E-state index in [1.807, 2.05) is 0 Å². The lowest BCUT2D eigenvalue weighted by molar-refractivity contribution is 0.296. The van der Waals surface area contributed by atoms with E-state index >= 15 is 0 Å². The summed E-state index contributed by atoms with van der Waals surface area (Å²) in [6.45, 7) is 9.63. The molecule has 2 N–H and O–H groups in total. The van der Waals surface area contributed by atoms with Crippen LogP contribution in [0.25, 0.3) is 0 Å². The first-order valence-corrected chi connectivity index (χ1v) is 7.38. The molecule has 0 heterocycles. The Morgan fingerprint density at radius 2 is 2.00 bits per heavy atom. The van der Waals surface area contributed by atoms with E-state index in [2.05, 4.69) is 45.9 Å². The van der Waals surface area contributed by atoms with E-state index in [0.29, 0.717) is 0 Å². The van der Waals surface area contributed by atoms with Crippen LogP contribution in [0.1, 0.15) is 51.7 Å². The zero-order valence-electron chi connectivity index (χ0n) is 12.7. The highest BCUT2D eigenvalue weighted by Crippen LogP contribution is 2.32. The van der Waals surface area contributed by atoms with Crippen molar-refractivity contribution in [3.05, 3.63) is 29.3 Å². The van der Waals surface area contributed by atoms with Crippen molar-refractivity contribution in [3.63, 3.8) is 0 Å². The molecule has 1 saturated carbocycles. The zero-order chi connectivity index (χ0) is 14.0. The summed E-state index contributed by atoms with van der Waals surface area (Å²) < 4.78 is 5.97. The number of benzene rings is 1. The first-order valence-electron chi connectivity index (χ1n) is 7.38. The van der Waals surface area contributed by atoms with Crippen molar-refractivity contribution in [1.29, 1.82) is 0 Å². The second kappa shape index (κ2) is 5.54. The van der Waals surface area contributed by atoms with Crippen LogP contribution in [-0.2, 0) is 11.8 Å². The van der Waals surface area contributed by atoms with Crippen molar-refractivity contribution < 1.29 is 4.74 Å². The van der Waals surface area contributed by atoms with Gasteiger partial charge in [0.05, 0.1) is 6.61 Å². The van der Waals surface area contributed by atoms with Crippen LogP contribution in [0.15, 0.2) is 18.2 Å². The average molecular weight is 261 g/mol. The van der Waals surface area contributed by atoms with Crippen molar-refractivity contribution in [2.75, 3.05) is 6.61 Å². The molecule has 0 bridgehead atoms. The number of nitrogens with two attached hydrogens (primary N) is 1. The first kappa shape index (κ1) is 14.4. The summed E-state index contributed by atoms with van der Waals surface area (Å²) in [6.07, 6.45) is 3.52. The van der Waals surface area contributed by atoms with E-state index in [1.54, 1.807) is 0 Å². The second-order valence-corrected chi connectivity index (χ2v) is 7.01. The Bertz CT molecular complexity index is 427. The molecule has 2 nitrogen and oxygen atoms in total. The summed E-state index contributed by atoms with van der Waals surface area (Å²) in [5.74, 6) is 1.81. The van der Waals surface area contributed by atoms with Crippen LogP contribution in [0, 0.1) is 5.92 Å². The van der Waals surface area contributed by atoms with Crippen molar-refractivity contribution in [2.24, 2.45) is 11.7 Å². The third-order valence-electron chi connectivity index (χ3n) is 3.64. The highest BCUT2D eigenvalue weighted by Gasteiger charge is 2.23. The molecule has 1 aliphatic rings. The summed E-state index contributed by atoms with van der Waals surface area (Å²) in [6, 6.07) is 6.75. The van der Waals surface area contributed by atoms with Crippen LogP contribution in [0.5, 0.6) is 5.75 Å². The molecule has 106 valence electrons. The molecule has 1 aromatic carbocycles. The molecule has 1 aromatic rings. The van der Waals surface area contributed by atoms with Crippen molar-refractivity contribution in [2.45, 2.75) is 58.4 Å². The lowest BCUT2D eigenvalue weighted by Gasteiger charge is -2.22. The van der Waals surface area contributed by atoms with Crippen LogP contribution in [0.4, 0.5) is 0 Å². The smallest absolute Gasteiger partial charge is 0.122 e. The van der Waals surface area contributed by atoms with E-state index in [-0.39, 0.29) is 11.5 Å². The minimum Gasteiger partial charge on any atom is -0.493 e. The van der Waals surface area contributed by atoms with Gasteiger partial charge in [0.25, 0.3) is 0 Å². The molecule has 0 spiro atoms. The Morgan fingerprint density at radius 3 is 2.53 bits per heavy atom. The predicted molar refractivity (Wildman–Crippen MR) is 80.7 cm³/mol. The molecule has 0 amide bonds. The maximum absolute atomic E-state index is 5.97. The van der Waals surface area contributed by atoms with E-state index in [4.69, 9.17) is 10.5 Å². The highest BCUT2D eigenvalue weighted by atomic mass is 16.5. The molecule has 0 aromatic heterocycles. The minimum absolute atomic E-state index is 0.165. The number of hydrogen-bond donors (Lipinski definition) is 1. The van der Waals surface area contributed by atoms with E-state index in [1.165, 1.54) is 24.0 Å². The fourth-order valence-corrected chi connectivity index (χ4v) is 2.19. The predicted octanol–water partition coefficient (Wildman–Crippen LogP) is 3.66. The number of rotatable bonds is 5. The van der Waals surface area contributed by atoms with Gasteiger partial charge in [-0.2, -0.15) is 0 Å². The van der Waals surface area contributed by atoms with Gasteiger partial charge in [-0.1, -0.05) is 32.9 Å². The fourth-order valence-electron chi connectivity index (χ4n) is 2.19. The Morgan fingerprint density at radius 1 is 1.32 bits per heavy atom. The van der Waals surface area contributed by atoms with Crippen molar-refractivity contribution in [1.82, 2.24) is 0 Å². The quantitative estimate of drug-likeness (QED) is 0.878. The molecule has 2 heteroatoms. The topological polar surface area (TPSA) is 35.2 Å². The van der Waals surface area contributed by atoms with E-state index in [9.17, 15) is 0 Å². The van der Waals surface area contributed by atoms with Gasteiger partial charge in [-0.15, -0.1) is 0 Å². The van der Waals surface area contributed by atoms with Crippen molar-refractivity contribution >= 4 is 0 Å². The van der Waals surface area contributed by atoms with Gasteiger partial charge in [0.1, 0.15) is 5.75 Å². The van der Waals surface area contributed by atoms with Gasteiger partial charge in [0, 0.05) is 6.04 Å². The molecule has 1 fully saturated rings. The van der Waals surface area contributed by atoms with Gasteiger partial charge in [-0.25, -0.2) is 0 Å². The second-order valence-electron chi connectivity index (χ2n) is 7.01. The van der Waals surface area contributed by atoms with Gasteiger partial charge in [0.2, 0.25) is 0 Å². The Balaban J connectivity index is 2.19. The van der Waals surface area contributed by atoms with E-state index in [0.717, 1.165) is 24.7 Å². The molecule has 0 radical (unpaired) electrons. The standard InChI is InChI=1S/C17H27NO/c1-12(18)9-14-10-15(17(2,3)4)7-8-16(14)19-11-13-5-6-13/h7-8,10,12-13H,5-6,9,11,18H2,1-4H3. The van der Waals surface area contributed by atoms with Gasteiger partial charge in [0.15, 0.2) is 0 Å². The molecular formula is C17H27NO. The summed E-state index contributed by atoms with van der Waals surface area (Å²) in [5.41, 5.74) is 8.74. The van der Waals surface area contributed by atoms with Crippen LogP contribution < -0.4 is 10.5 Å². The largest absolute Gasteiger partial charge is 0.493 e. The number of ether oxygens (including phenoxy) is 1. The molecule has 19 heavy (non-hydrogen) atoms. The Kier molecular flexibility index (Phi) is 4.19. The highest BCUT2D eigenvalue weighted by molar-refractivity contribution is 5.40. The zero-order valence-corrected chi connectivity index (χ0v) is 12.7. The van der Waals surface area contributed by atoms with Gasteiger partial charge < -0.3 is 10.5 Å². The summed E-state index contributed by atoms with van der Waals surface area (Å²) >= 11 is 0. The Hall–Kier alpha value is -1.02. The van der Waals surface area contributed by atoms with E-state index < -0.39 is 0 Å². The normalized spacial score (nSPS) is 17.3. The molecule has 1 unspecified atom stereocenters. The third kappa shape index (κ3) is 4.24. The lowest BCUT2D eigenvalue weighted by Crippen LogP contribution is -2.19. The molecule has 1 aliphatic carbocycles. The monoisotopic (exact) mass is 261 g/mol. The molecular weight excluding hydrogens is 234 g/mol. The SMILES string of the molecule is CC(N)Cc1cc(C(C)(C)C)ccc1OCC1CC1. The minimum atomic E-state index is 0.165. The lowest BCUT2D eigenvalue weighted by atomic mass is 9.85. The average Bonchev–Trinajstić information content (AvgIpc) is 3.09. The summed E-state index contributed by atoms with van der Waals surface area (Å²) in [5, 5.41) is 0. The Labute approximate surface area is 117 Å². The summed E-state index contributed by atoms with van der Waals surface area (Å²) in [4.78, 5) is 0. The maximum Gasteiger partial charge on any atom is 0.122 e. The van der Waals surface area contributed by atoms with Crippen molar-refractivity contribution in [3.8, 4) is 5.75 Å². The fraction of sp³-hybridized carbons (Fsp3) is 0.647. The molecule has 0 saturated heterocycles. The maximum atomic E-state index is 5.97. The third-order valence-corrected chi connectivity index (χ3v) is 3.64.